The van der Waals surface area contributed by atoms with Gasteiger partial charge in [-0.05, 0) is 51.4 Å². The van der Waals surface area contributed by atoms with Gasteiger partial charge in [0.25, 0.3) is 0 Å². The molecule has 0 bridgehead atoms. The van der Waals surface area contributed by atoms with Crippen LogP contribution in [0.25, 0.3) is 0 Å². The molecule has 0 spiro atoms. The average molecular weight is 748 g/mol. The maximum absolute atomic E-state index is 12.4. The van der Waals surface area contributed by atoms with Crippen LogP contribution in [0.4, 0.5) is 0 Å². The van der Waals surface area contributed by atoms with Crippen LogP contribution in [0.1, 0.15) is 251 Å². The SMILES string of the molecule is CCCCCCCCCCCCCCCCC/C=C/CC/C=C/CCCC(O)C(O)C(CO)NC(=O)CCCCCCCCCCCCCCCCC. The molecule has 0 saturated carbocycles. The van der Waals surface area contributed by atoms with E-state index in [1.807, 2.05) is 0 Å². The molecular weight excluding hydrogens is 655 g/mol. The number of rotatable bonds is 43. The van der Waals surface area contributed by atoms with Gasteiger partial charge >= 0.3 is 0 Å². The Bertz CT molecular complexity index is 784. The maximum Gasteiger partial charge on any atom is 0.220 e. The van der Waals surface area contributed by atoms with E-state index < -0.39 is 18.2 Å². The van der Waals surface area contributed by atoms with Crippen molar-refractivity contribution in [3.8, 4) is 0 Å². The zero-order valence-electron chi connectivity index (χ0n) is 35.7. The molecule has 0 aromatic heterocycles. The highest BCUT2D eigenvalue weighted by molar-refractivity contribution is 5.76. The number of allylic oxidation sites excluding steroid dienone is 4. The highest BCUT2D eigenvalue weighted by atomic mass is 16.3. The standard InChI is InChI=1S/C48H93NO4/c1-3-5-7-9-11-13-15-17-19-20-21-22-23-24-25-26-27-29-30-32-34-36-38-40-42-46(51)48(53)45(44-50)49-47(52)43-41-39-37-35-33-31-28-18-16-14-12-10-8-6-4-2/h27,29,34,36,45-46,48,50-51,53H,3-26,28,30-33,35,37-44H2,1-2H3,(H,49,52)/b29-27+,36-34+. The molecule has 0 aromatic rings. The van der Waals surface area contributed by atoms with Gasteiger partial charge < -0.3 is 20.6 Å². The molecule has 0 aliphatic heterocycles. The summed E-state index contributed by atoms with van der Waals surface area (Å²) in [5.41, 5.74) is 0. The average Bonchev–Trinajstić information content (AvgIpc) is 3.16. The second-order valence-corrected chi connectivity index (χ2v) is 16.3. The molecule has 0 heterocycles. The molecular formula is C48H93NO4. The summed E-state index contributed by atoms with van der Waals surface area (Å²) in [6.07, 6.45) is 53.0. The number of hydrogen-bond donors (Lipinski definition) is 4. The lowest BCUT2D eigenvalue weighted by molar-refractivity contribution is -0.124. The number of aliphatic hydroxyl groups is 3. The minimum absolute atomic E-state index is 0.156. The number of carbonyl (C=O) groups is 1. The lowest BCUT2D eigenvalue weighted by Gasteiger charge is -2.26. The zero-order chi connectivity index (χ0) is 38.7. The van der Waals surface area contributed by atoms with E-state index in [1.54, 1.807) is 0 Å². The lowest BCUT2D eigenvalue weighted by Crippen LogP contribution is -2.50. The van der Waals surface area contributed by atoms with Crippen molar-refractivity contribution in [2.45, 2.75) is 270 Å². The zero-order valence-corrected chi connectivity index (χ0v) is 35.7. The minimum Gasteiger partial charge on any atom is -0.394 e. The normalized spacial score (nSPS) is 13.7. The molecule has 0 saturated heterocycles. The summed E-state index contributed by atoms with van der Waals surface area (Å²) in [6.45, 7) is 4.18. The van der Waals surface area contributed by atoms with E-state index in [1.165, 1.54) is 180 Å². The Balaban J connectivity index is 3.64. The highest BCUT2D eigenvalue weighted by Crippen LogP contribution is 2.16. The van der Waals surface area contributed by atoms with Gasteiger partial charge in [-0.3, -0.25) is 4.79 Å². The van der Waals surface area contributed by atoms with Crippen LogP contribution in [0.5, 0.6) is 0 Å². The fraction of sp³-hybridized carbons (Fsp3) is 0.896. The number of aliphatic hydroxyl groups excluding tert-OH is 3. The first-order valence-electron chi connectivity index (χ1n) is 23.6. The topological polar surface area (TPSA) is 89.8 Å². The van der Waals surface area contributed by atoms with Crippen molar-refractivity contribution in [3.05, 3.63) is 24.3 Å². The third kappa shape index (κ3) is 38.9. The van der Waals surface area contributed by atoms with Gasteiger partial charge in [0.15, 0.2) is 0 Å². The Morgan fingerprint density at radius 2 is 0.774 bits per heavy atom. The van der Waals surface area contributed by atoms with Crippen LogP contribution >= 0.6 is 0 Å². The minimum atomic E-state index is -1.16. The van der Waals surface area contributed by atoms with Gasteiger partial charge in [0, 0.05) is 6.42 Å². The first kappa shape index (κ1) is 51.8. The number of carbonyl (C=O) groups excluding carboxylic acids is 1. The Kier molecular flexibility index (Phi) is 42.6. The third-order valence-electron chi connectivity index (χ3n) is 11.0. The Labute approximate surface area is 331 Å². The van der Waals surface area contributed by atoms with E-state index in [4.69, 9.17) is 0 Å². The molecule has 0 aliphatic carbocycles. The van der Waals surface area contributed by atoms with E-state index in [9.17, 15) is 20.1 Å². The van der Waals surface area contributed by atoms with Gasteiger partial charge in [-0.25, -0.2) is 0 Å². The summed E-state index contributed by atoms with van der Waals surface area (Å²) in [5.74, 6) is -0.156. The summed E-state index contributed by atoms with van der Waals surface area (Å²) in [4.78, 5) is 12.4. The van der Waals surface area contributed by atoms with Crippen LogP contribution in [0.3, 0.4) is 0 Å². The van der Waals surface area contributed by atoms with Crippen LogP contribution in [-0.4, -0.2) is 46.1 Å². The molecule has 0 fully saturated rings. The summed E-state index contributed by atoms with van der Waals surface area (Å²) >= 11 is 0. The Hall–Kier alpha value is -1.17. The van der Waals surface area contributed by atoms with Crippen molar-refractivity contribution in [3.63, 3.8) is 0 Å². The Morgan fingerprint density at radius 1 is 0.453 bits per heavy atom. The maximum atomic E-state index is 12.4. The molecule has 0 radical (unpaired) electrons. The number of nitrogens with one attached hydrogen (secondary N) is 1. The summed E-state index contributed by atoms with van der Waals surface area (Å²) in [5, 5.41) is 33.5. The van der Waals surface area contributed by atoms with Crippen molar-refractivity contribution < 1.29 is 20.1 Å². The fourth-order valence-corrected chi connectivity index (χ4v) is 7.36. The van der Waals surface area contributed by atoms with Gasteiger partial charge in [-0.2, -0.15) is 0 Å². The van der Waals surface area contributed by atoms with Crippen molar-refractivity contribution >= 4 is 5.91 Å². The smallest absolute Gasteiger partial charge is 0.220 e. The van der Waals surface area contributed by atoms with Gasteiger partial charge in [0.2, 0.25) is 5.91 Å². The largest absolute Gasteiger partial charge is 0.394 e. The van der Waals surface area contributed by atoms with E-state index in [0.29, 0.717) is 12.8 Å². The molecule has 1 amide bonds. The second-order valence-electron chi connectivity index (χ2n) is 16.3. The van der Waals surface area contributed by atoms with Gasteiger partial charge in [-0.1, -0.05) is 218 Å². The van der Waals surface area contributed by atoms with Crippen LogP contribution < -0.4 is 5.32 Å². The van der Waals surface area contributed by atoms with Crippen molar-refractivity contribution in [2.75, 3.05) is 6.61 Å². The summed E-state index contributed by atoms with van der Waals surface area (Å²) in [7, 11) is 0. The lowest BCUT2D eigenvalue weighted by atomic mass is 10.0. The molecule has 3 unspecified atom stereocenters. The van der Waals surface area contributed by atoms with Crippen LogP contribution in [-0.2, 0) is 4.79 Å². The third-order valence-corrected chi connectivity index (χ3v) is 11.0. The monoisotopic (exact) mass is 748 g/mol. The van der Waals surface area contributed by atoms with E-state index >= 15 is 0 Å². The van der Waals surface area contributed by atoms with Gasteiger partial charge in [0.1, 0.15) is 6.10 Å². The van der Waals surface area contributed by atoms with E-state index in [2.05, 4.69) is 43.5 Å². The molecule has 4 N–H and O–H groups in total. The summed E-state index contributed by atoms with van der Waals surface area (Å²) < 4.78 is 0. The van der Waals surface area contributed by atoms with E-state index in [-0.39, 0.29) is 12.5 Å². The van der Waals surface area contributed by atoms with Crippen molar-refractivity contribution in [1.29, 1.82) is 0 Å². The first-order valence-corrected chi connectivity index (χ1v) is 23.6. The number of amides is 1. The highest BCUT2D eigenvalue weighted by Gasteiger charge is 2.26. The van der Waals surface area contributed by atoms with Crippen LogP contribution in [0.15, 0.2) is 24.3 Å². The van der Waals surface area contributed by atoms with E-state index in [0.717, 1.165) is 44.9 Å². The Morgan fingerprint density at radius 3 is 1.15 bits per heavy atom. The summed E-state index contributed by atoms with van der Waals surface area (Å²) in [6, 6.07) is -0.828. The molecule has 53 heavy (non-hydrogen) atoms. The van der Waals surface area contributed by atoms with Crippen LogP contribution in [0, 0.1) is 0 Å². The molecule has 314 valence electrons. The van der Waals surface area contributed by atoms with Crippen molar-refractivity contribution in [1.82, 2.24) is 5.32 Å². The molecule has 0 rings (SSSR count). The number of unbranched alkanes of at least 4 members (excludes halogenated alkanes) is 31. The molecule has 5 nitrogen and oxygen atoms in total. The van der Waals surface area contributed by atoms with Crippen molar-refractivity contribution in [2.24, 2.45) is 0 Å². The quantitative estimate of drug-likeness (QED) is 0.0369. The van der Waals surface area contributed by atoms with Gasteiger partial charge in [0.05, 0.1) is 18.8 Å². The predicted molar refractivity (Wildman–Crippen MR) is 231 cm³/mol. The molecule has 0 aromatic carbocycles. The predicted octanol–water partition coefficient (Wildman–Crippen LogP) is 13.8. The molecule has 0 aliphatic rings. The molecule has 3 atom stereocenters. The number of hydrogen-bond acceptors (Lipinski definition) is 4. The van der Waals surface area contributed by atoms with Gasteiger partial charge in [-0.15, -0.1) is 0 Å². The fourth-order valence-electron chi connectivity index (χ4n) is 7.36. The van der Waals surface area contributed by atoms with Crippen LogP contribution in [0.2, 0.25) is 0 Å². The second kappa shape index (κ2) is 43.6. The first-order chi connectivity index (χ1) is 26.1. The molecule has 5 heteroatoms.